The van der Waals surface area contributed by atoms with Crippen molar-refractivity contribution in [2.45, 2.75) is 90.6 Å². The smallest absolute Gasteiger partial charge is 0.216 e. The molecule has 0 rings (SSSR count). The molecule has 0 aromatic rings. The Morgan fingerprint density at radius 1 is 0.920 bits per heavy atom. The lowest BCUT2D eigenvalue weighted by atomic mass is 9.99. The summed E-state index contributed by atoms with van der Waals surface area (Å²) in [4.78, 5) is 34.3. The second kappa shape index (κ2) is 15.0. The van der Waals surface area contributed by atoms with Crippen LogP contribution in [-0.2, 0) is 14.4 Å². The third kappa shape index (κ3) is 13.7. The van der Waals surface area contributed by atoms with Crippen molar-refractivity contribution >= 4 is 17.5 Å². The first-order chi connectivity index (χ1) is 11.9. The molecule has 0 aliphatic rings. The summed E-state index contributed by atoms with van der Waals surface area (Å²) < 4.78 is 0. The zero-order valence-electron chi connectivity index (χ0n) is 16.2. The van der Waals surface area contributed by atoms with Crippen molar-refractivity contribution in [1.82, 2.24) is 10.6 Å². The fourth-order valence-corrected chi connectivity index (χ4v) is 2.69. The third-order valence-corrected chi connectivity index (χ3v) is 4.28. The molecule has 1 amide bonds. The lowest BCUT2D eigenvalue weighted by Gasteiger charge is -2.15. The van der Waals surface area contributed by atoms with Crippen molar-refractivity contribution in [1.29, 1.82) is 0 Å². The van der Waals surface area contributed by atoms with E-state index in [1.54, 1.807) is 6.92 Å². The number of amides is 1. The molecule has 2 atom stereocenters. The highest BCUT2D eigenvalue weighted by molar-refractivity contribution is 5.83. The zero-order valence-corrected chi connectivity index (χ0v) is 16.2. The van der Waals surface area contributed by atoms with Gasteiger partial charge in [-0.3, -0.25) is 14.4 Å². The van der Waals surface area contributed by atoms with E-state index in [1.165, 1.54) is 6.92 Å². The summed E-state index contributed by atoms with van der Waals surface area (Å²) in [5, 5.41) is 6.00. The molecule has 2 unspecified atom stereocenters. The number of Topliss-reactive ketones (excluding diaryl/α,β-unsaturated/α-hetero) is 2. The summed E-state index contributed by atoms with van der Waals surface area (Å²) in [6, 6.07) is -0.449. The molecule has 6 nitrogen and oxygen atoms in total. The number of hydrogen-bond acceptors (Lipinski definition) is 5. The van der Waals surface area contributed by atoms with Crippen molar-refractivity contribution in [3.8, 4) is 0 Å². The standard InChI is InChI=1S/C19H37N3O3/c1-4-13-22-18(15(2)23)11-6-5-7-12-19(25)17(20)10-8-9-14-21-16(3)24/h17-18,22H,4-14,20H2,1-3H3,(H,21,24). The lowest BCUT2D eigenvalue weighted by Crippen LogP contribution is -2.35. The maximum atomic E-state index is 12.0. The van der Waals surface area contributed by atoms with Crippen LogP contribution in [-0.4, -0.2) is 42.6 Å². The van der Waals surface area contributed by atoms with E-state index in [-0.39, 0.29) is 23.5 Å². The van der Waals surface area contributed by atoms with E-state index in [2.05, 4.69) is 17.6 Å². The fraction of sp³-hybridized carbons (Fsp3) is 0.842. The summed E-state index contributed by atoms with van der Waals surface area (Å²) in [5.41, 5.74) is 5.93. The molecule has 0 fully saturated rings. The molecule has 6 heteroatoms. The molecule has 0 aliphatic heterocycles. The Morgan fingerprint density at radius 2 is 1.60 bits per heavy atom. The highest BCUT2D eigenvalue weighted by Gasteiger charge is 2.14. The maximum absolute atomic E-state index is 12.0. The highest BCUT2D eigenvalue weighted by atomic mass is 16.1. The minimum absolute atomic E-state index is 0.0303. The number of nitrogens with two attached hydrogens (primary N) is 1. The van der Waals surface area contributed by atoms with Gasteiger partial charge in [-0.15, -0.1) is 0 Å². The molecule has 0 saturated heterocycles. The molecule has 146 valence electrons. The highest BCUT2D eigenvalue weighted by Crippen LogP contribution is 2.09. The van der Waals surface area contributed by atoms with E-state index in [4.69, 9.17) is 5.73 Å². The Morgan fingerprint density at radius 3 is 2.20 bits per heavy atom. The molecule has 0 saturated carbocycles. The molecule has 25 heavy (non-hydrogen) atoms. The van der Waals surface area contributed by atoms with E-state index >= 15 is 0 Å². The van der Waals surface area contributed by atoms with Crippen LogP contribution in [0.25, 0.3) is 0 Å². The Kier molecular flexibility index (Phi) is 14.3. The lowest BCUT2D eigenvalue weighted by molar-refractivity contribution is -0.121. The number of carbonyl (C=O) groups is 3. The van der Waals surface area contributed by atoms with Gasteiger partial charge in [-0.05, 0) is 52.0 Å². The first kappa shape index (κ1) is 23.7. The van der Waals surface area contributed by atoms with Crippen molar-refractivity contribution in [3.05, 3.63) is 0 Å². The molecular formula is C19H37N3O3. The maximum Gasteiger partial charge on any atom is 0.216 e. The van der Waals surface area contributed by atoms with Gasteiger partial charge in [-0.1, -0.05) is 19.8 Å². The summed E-state index contributed by atoms with van der Waals surface area (Å²) in [5.74, 6) is 0.273. The predicted molar refractivity (Wildman–Crippen MR) is 101 cm³/mol. The van der Waals surface area contributed by atoms with Crippen LogP contribution < -0.4 is 16.4 Å². The van der Waals surface area contributed by atoms with Crippen LogP contribution in [0.2, 0.25) is 0 Å². The molecule has 4 N–H and O–H groups in total. The van der Waals surface area contributed by atoms with E-state index in [0.29, 0.717) is 19.4 Å². The first-order valence-electron chi connectivity index (χ1n) is 9.65. The number of nitrogens with one attached hydrogen (secondary N) is 2. The first-order valence-corrected chi connectivity index (χ1v) is 9.65. The number of unbranched alkanes of at least 4 members (excludes halogenated alkanes) is 3. The second-order valence-electron chi connectivity index (χ2n) is 6.77. The Labute approximate surface area is 152 Å². The monoisotopic (exact) mass is 355 g/mol. The summed E-state index contributed by atoms with van der Waals surface area (Å²) in [6.45, 7) is 6.70. The van der Waals surface area contributed by atoms with E-state index in [9.17, 15) is 14.4 Å². The molecule has 0 aromatic carbocycles. The molecule has 0 aromatic heterocycles. The van der Waals surface area contributed by atoms with Gasteiger partial charge in [0.15, 0.2) is 0 Å². The van der Waals surface area contributed by atoms with Crippen LogP contribution >= 0.6 is 0 Å². The van der Waals surface area contributed by atoms with Gasteiger partial charge in [0.1, 0.15) is 11.6 Å². The van der Waals surface area contributed by atoms with Gasteiger partial charge < -0.3 is 16.4 Å². The van der Waals surface area contributed by atoms with Gasteiger partial charge in [0.05, 0.1) is 12.1 Å². The third-order valence-electron chi connectivity index (χ3n) is 4.28. The van der Waals surface area contributed by atoms with Crippen molar-refractivity contribution in [2.24, 2.45) is 5.73 Å². The number of ketones is 2. The van der Waals surface area contributed by atoms with Gasteiger partial charge in [-0.2, -0.15) is 0 Å². The Bertz CT molecular complexity index is 399. The summed E-state index contributed by atoms with van der Waals surface area (Å²) in [7, 11) is 0. The second-order valence-corrected chi connectivity index (χ2v) is 6.77. The molecule has 0 radical (unpaired) electrons. The Balaban J connectivity index is 3.73. The van der Waals surface area contributed by atoms with Crippen LogP contribution in [0.4, 0.5) is 0 Å². The summed E-state index contributed by atoms with van der Waals surface area (Å²) >= 11 is 0. The van der Waals surface area contributed by atoms with Crippen LogP contribution in [0.5, 0.6) is 0 Å². The zero-order chi connectivity index (χ0) is 19.1. The molecular weight excluding hydrogens is 318 g/mol. The van der Waals surface area contributed by atoms with Crippen molar-refractivity contribution in [2.75, 3.05) is 13.1 Å². The van der Waals surface area contributed by atoms with Gasteiger partial charge in [0, 0.05) is 19.9 Å². The van der Waals surface area contributed by atoms with E-state index in [1.807, 2.05) is 0 Å². The van der Waals surface area contributed by atoms with Gasteiger partial charge >= 0.3 is 0 Å². The number of hydrogen-bond donors (Lipinski definition) is 3. The van der Waals surface area contributed by atoms with Crippen LogP contribution in [0.1, 0.15) is 78.6 Å². The van der Waals surface area contributed by atoms with Gasteiger partial charge in [-0.25, -0.2) is 0 Å². The minimum atomic E-state index is -0.395. The van der Waals surface area contributed by atoms with Gasteiger partial charge in [0.25, 0.3) is 0 Å². The topological polar surface area (TPSA) is 101 Å². The summed E-state index contributed by atoms with van der Waals surface area (Å²) in [6.07, 6.45) is 7.44. The predicted octanol–water partition coefficient (Wildman–Crippen LogP) is 2.10. The molecule has 0 aliphatic carbocycles. The quantitative estimate of drug-likeness (QED) is 0.368. The molecule has 0 heterocycles. The molecule has 0 spiro atoms. The van der Waals surface area contributed by atoms with Crippen LogP contribution in [0.3, 0.4) is 0 Å². The van der Waals surface area contributed by atoms with Gasteiger partial charge in [0.2, 0.25) is 5.91 Å². The largest absolute Gasteiger partial charge is 0.356 e. The SMILES string of the molecule is CCCNC(CCCCCC(=O)C(N)CCCCNC(C)=O)C(C)=O. The normalized spacial score (nSPS) is 13.3. The Hall–Kier alpha value is -1.27. The van der Waals surface area contributed by atoms with Crippen LogP contribution in [0.15, 0.2) is 0 Å². The molecule has 0 bridgehead atoms. The van der Waals surface area contributed by atoms with Crippen LogP contribution in [0, 0.1) is 0 Å². The van der Waals surface area contributed by atoms with E-state index in [0.717, 1.165) is 51.5 Å². The average molecular weight is 356 g/mol. The fourth-order valence-electron chi connectivity index (χ4n) is 2.69. The number of rotatable bonds is 16. The average Bonchev–Trinajstić information content (AvgIpc) is 2.55. The minimum Gasteiger partial charge on any atom is -0.356 e. The van der Waals surface area contributed by atoms with Crippen molar-refractivity contribution in [3.63, 3.8) is 0 Å². The number of carbonyl (C=O) groups excluding carboxylic acids is 3. The van der Waals surface area contributed by atoms with Crippen molar-refractivity contribution < 1.29 is 14.4 Å². The van der Waals surface area contributed by atoms with E-state index < -0.39 is 6.04 Å².